The monoisotopic (exact) mass is 264 g/mol. The topological polar surface area (TPSA) is 58.6 Å². The van der Waals surface area contributed by atoms with E-state index in [4.69, 9.17) is 4.74 Å². The minimum absolute atomic E-state index is 0.170. The first-order chi connectivity index (χ1) is 9.06. The maximum atomic E-state index is 12.1. The predicted octanol–water partition coefficient (Wildman–Crippen LogP) is 0.796. The van der Waals surface area contributed by atoms with Crippen LogP contribution in [0.2, 0.25) is 0 Å². The van der Waals surface area contributed by atoms with Crippen molar-refractivity contribution in [2.45, 2.75) is 19.5 Å². The molecular formula is C14H20N2O3. The molecule has 5 heteroatoms. The molecule has 0 saturated heterocycles. The molecule has 1 rings (SSSR count). The minimum Gasteiger partial charge on any atom is -0.382 e. The van der Waals surface area contributed by atoms with Gasteiger partial charge in [0.25, 0.3) is 0 Å². The van der Waals surface area contributed by atoms with Crippen LogP contribution in [0.25, 0.3) is 0 Å². The summed E-state index contributed by atoms with van der Waals surface area (Å²) in [5.41, 5.74) is 1.01. The van der Waals surface area contributed by atoms with Crippen molar-refractivity contribution in [3.63, 3.8) is 0 Å². The van der Waals surface area contributed by atoms with Gasteiger partial charge < -0.3 is 15.0 Å². The van der Waals surface area contributed by atoms with Crippen molar-refractivity contribution >= 4 is 11.8 Å². The maximum Gasteiger partial charge on any atom is 0.245 e. The van der Waals surface area contributed by atoms with Crippen molar-refractivity contribution in [2.24, 2.45) is 0 Å². The second-order valence-electron chi connectivity index (χ2n) is 4.30. The molecule has 0 aliphatic carbocycles. The fourth-order valence-electron chi connectivity index (χ4n) is 1.64. The number of amides is 2. The van der Waals surface area contributed by atoms with E-state index in [-0.39, 0.29) is 18.4 Å². The molecule has 5 nitrogen and oxygen atoms in total. The number of carbonyl (C=O) groups excluding carboxylic acids is 2. The molecule has 0 heterocycles. The molecule has 0 aromatic heterocycles. The van der Waals surface area contributed by atoms with E-state index in [1.807, 2.05) is 30.3 Å². The number of nitrogens with one attached hydrogen (secondary N) is 1. The molecule has 0 fully saturated rings. The minimum atomic E-state index is -0.605. The van der Waals surface area contributed by atoms with Crippen LogP contribution in [0.15, 0.2) is 30.3 Å². The van der Waals surface area contributed by atoms with Crippen molar-refractivity contribution in [2.75, 3.05) is 20.8 Å². The van der Waals surface area contributed by atoms with Crippen molar-refractivity contribution in [3.05, 3.63) is 35.9 Å². The van der Waals surface area contributed by atoms with Crippen molar-refractivity contribution in [1.29, 1.82) is 0 Å². The third-order valence-electron chi connectivity index (χ3n) is 2.90. The third-order valence-corrected chi connectivity index (χ3v) is 2.90. The second-order valence-corrected chi connectivity index (χ2v) is 4.30. The average molecular weight is 264 g/mol. The van der Waals surface area contributed by atoms with Crippen LogP contribution in [-0.2, 0) is 20.9 Å². The smallest absolute Gasteiger partial charge is 0.245 e. The molecule has 2 amide bonds. The van der Waals surface area contributed by atoms with Crippen molar-refractivity contribution < 1.29 is 14.3 Å². The number of benzene rings is 1. The lowest BCUT2D eigenvalue weighted by Crippen LogP contribution is -2.49. The van der Waals surface area contributed by atoms with Gasteiger partial charge >= 0.3 is 0 Å². The highest BCUT2D eigenvalue weighted by Crippen LogP contribution is 2.01. The summed E-state index contributed by atoms with van der Waals surface area (Å²) in [4.78, 5) is 24.8. The van der Waals surface area contributed by atoms with E-state index in [1.165, 1.54) is 18.9 Å². The fraction of sp³-hybridized carbons (Fsp3) is 0.429. The average Bonchev–Trinajstić information content (AvgIpc) is 2.42. The molecule has 104 valence electrons. The predicted molar refractivity (Wildman–Crippen MR) is 72.4 cm³/mol. The lowest BCUT2D eigenvalue weighted by Gasteiger charge is -2.25. The van der Waals surface area contributed by atoms with Crippen LogP contribution in [0.3, 0.4) is 0 Å². The molecule has 1 unspecified atom stereocenters. The highest BCUT2D eigenvalue weighted by atomic mass is 16.5. The van der Waals surface area contributed by atoms with Crippen LogP contribution in [0, 0.1) is 0 Å². The Balaban J connectivity index is 2.60. The summed E-state index contributed by atoms with van der Waals surface area (Å²) in [7, 11) is 3.10. The van der Waals surface area contributed by atoms with E-state index >= 15 is 0 Å². The summed E-state index contributed by atoms with van der Waals surface area (Å²) < 4.78 is 4.99. The number of likely N-dealkylation sites (N-methyl/N-ethyl adjacent to an activating group) is 1. The third kappa shape index (κ3) is 4.71. The summed E-state index contributed by atoms with van der Waals surface area (Å²) in [6, 6.07) is 9.00. The van der Waals surface area contributed by atoms with Crippen LogP contribution < -0.4 is 5.32 Å². The van der Waals surface area contributed by atoms with Crippen LogP contribution in [0.5, 0.6) is 0 Å². The van der Waals surface area contributed by atoms with Gasteiger partial charge in [0, 0.05) is 27.6 Å². The molecular weight excluding hydrogens is 244 g/mol. The Hall–Kier alpha value is -1.88. The van der Waals surface area contributed by atoms with Crippen LogP contribution >= 0.6 is 0 Å². The molecule has 1 N–H and O–H groups in total. The van der Waals surface area contributed by atoms with E-state index in [9.17, 15) is 9.59 Å². The van der Waals surface area contributed by atoms with Gasteiger partial charge in [-0.2, -0.15) is 0 Å². The Bertz CT molecular complexity index is 420. The molecule has 19 heavy (non-hydrogen) atoms. The van der Waals surface area contributed by atoms with Crippen molar-refractivity contribution in [1.82, 2.24) is 10.2 Å². The van der Waals surface area contributed by atoms with E-state index in [0.29, 0.717) is 6.54 Å². The zero-order chi connectivity index (χ0) is 14.3. The number of hydrogen-bond donors (Lipinski definition) is 1. The number of nitrogens with zero attached hydrogens (tertiary/aromatic N) is 1. The maximum absolute atomic E-state index is 12.1. The van der Waals surface area contributed by atoms with Gasteiger partial charge in [0.15, 0.2) is 0 Å². The Morgan fingerprint density at radius 1 is 1.32 bits per heavy atom. The number of hydrogen-bond acceptors (Lipinski definition) is 3. The molecule has 1 aromatic carbocycles. The Kier molecular flexibility index (Phi) is 6.02. The van der Waals surface area contributed by atoms with E-state index < -0.39 is 6.04 Å². The zero-order valence-electron chi connectivity index (χ0n) is 11.6. The van der Waals surface area contributed by atoms with Gasteiger partial charge in [-0.05, 0) is 5.56 Å². The standard InChI is InChI=1S/C14H20N2O3/c1-11(17)16(2)13(10-19-3)14(18)15-9-12-7-5-4-6-8-12/h4-8,13H,9-10H2,1-3H3,(H,15,18). The van der Waals surface area contributed by atoms with E-state index in [1.54, 1.807) is 7.05 Å². The Morgan fingerprint density at radius 3 is 2.47 bits per heavy atom. The summed E-state index contributed by atoms with van der Waals surface area (Å²) in [5.74, 6) is -0.389. The zero-order valence-corrected chi connectivity index (χ0v) is 11.6. The van der Waals surface area contributed by atoms with Gasteiger partial charge in [0.1, 0.15) is 6.04 Å². The summed E-state index contributed by atoms with van der Waals surface area (Å²) in [6.45, 7) is 2.04. The fourth-order valence-corrected chi connectivity index (χ4v) is 1.64. The quantitative estimate of drug-likeness (QED) is 0.826. The molecule has 0 saturated carbocycles. The first-order valence-electron chi connectivity index (χ1n) is 6.10. The molecule has 0 spiro atoms. The first kappa shape index (κ1) is 15.2. The highest BCUT2D eigenvalue weighted by Gasteiger charge is 2.24. The second kappa shape index (κ2) is 7.53. The number of carbonyl (C=O) groups is 2. The normalized spacial score (nSPS) is 11.7. The molecule has 0 aliphatic heterocycles. The molecule has 0 aliphatic rings. The van der Waals surface area contributed by atoms with E-state index in [2.05, 4.69) is 5.32 Å². The lowest BCUT2D eigenvalue weighted by molar-refractivity contribution is -0.139. The van der Waals surface area contributed by atoms with Gasteiger partial charge in [0.2, 0.25) is 11.8 Å². The van der Waals surface area contributed by atoms with Gasteiger partial charge in [0.05, 0.1) is 6.61 Å². The summed E-state index contributed by atoms with van der Waals surface area (Å²) in [5, 5.41) is 2.81. The SMILES string of the molecule is COCC(C(=O)NCc1ccccc1)N(C)C(C)=O. The summed E-state index contributed by atoms with van der Waals surface area (Å²) >= 11 is 0. The first-order valence-corrected chi connectivity index (χ1v) is 6.10. The number of ether oxygens (including phenoxy) is 1. The number of rotatable bonds is 6. The van der Waals surface area contributed by atoms with Gasteiger partial charge in [-0.3, -0.25) is 9.59 Å². The molecule has 1 aromatic rings. The van der Waals surface area contributed by atoms with Crippen LogP contribution in [0.1, 0.15) is 12.5 Å². The van der Waals surface area contributed by atoms with Crippen LogP contribution in [-0.4, -0.2) is 43.5 Å². The van der Waals surface area contributed by atoms with Crippen molar-refractivity contribution in [3.8, 4) is 0 Å². The molecule has 0 bridgehead atoms. The Labute approximate surface area is 113 Å². The lowest BCUT2D eigenvalue weighted by atomic mass is 10.2. The summed E-state index contributed by atoms with van der Waals surface area (Å²) in [6.07, 6.45) is 0. The Morgan fingerprint density at radius 2 is 1.95 bits per heavy atom. The van der Waals surface area contributed by atoms with Gasteiger partial charge in [-0.1, -0.05) is 30.3 Å². The molecule has 0 radical (unpaired) electrons. The van der Waals surface area contributed by atoms with Crippen LogP contribution in [0.4, 0.5) is 0 Å². The largest absolute Gasteiger partial charge is 0.382 e. The highest BCUT2D eigenvalue weighted by molar-refractivity contribution is 5.86. The molecule has 1 atom stereocenters. The van der Waals surface area contributed by atoms with E-state index in [0.717, 1.165) is 5.56 Å². The van der Waals surface area contributed by atoms with Gasteiger partial charge in [-0.15, -0.1) is 0 Å². The van der Waals surface area contributed by atoms with Gasteiger partial charge in [-0.25, -0.2) is 0 Å². The number of methoxy groups -OCH3 is 1.